The van der Waals surface area contributed by atoms with Crippen LogP contribution in [0.25, 0.3) is 0 Å². The molecule has 1 aromatic rings. The van der Waals surface area contributed by atoms with Crippen molar-refractivity contribution >= 4 is 5.97 Å². The summed E-state index contributed by atoms with van der Waals surface area (Å²) in [5, 5.41) is 3.43. The number of rotatable bonds is 5. The molecule has 1 aliphatic heterocycles. The normalized spacial score (nSPS) is 35.5. The van der Waals surface area contributed by atoms with Crippen LogP contribution >= 0.6 is 0 Å². The van der Waals surface area contributed by atoms with Gasteiger partial charge in [0.15, 0.2) is 0 Å². The monoisotopic (exact) mass is 371 g/mol. The van der Waals surface area contributed by atoms with Crippen molar-refractivity contribution in [2.75, 3.05) is 13.1 Å². The number of fused-ring (bicyclic) bond motifs is 2. The summed E-state index contributed by atoms with van der Waals surface area (Å²) in [6.45, 7) is 8.15. The van der Waals surface area contributed by atoms with E-state index in [1.54, 1.807) is 0 Å². The topological polar surface area (TPSA) is 38.3 Å². The Bertz CT molecular complexity index is 716. The van der Waals surface area contributed by atoms with Gasteiger partial charge in [0.2, 0.25) is 0 Å². The Morgan fingerprint density at radius 1 is 1.33 bits per heavy atom. The van der Waals surface area contributed by atoms with Crippen molar-refractivity contribution in [1.82, 2.24) is 5.32 Å². The highest BCUT2D eigenvalue weighted by atomic mass is 19.1. The van der Waals surface area contributed by atoms with E-state index in [4.69, 9.17) is 4.74 Å². The molecule has 4 heteroatoms. The van der Waals surface area contributed by atoms with E-state index in [-0.39, 0.29) is 29.2 Å². The van der Waals surface area contributed by atoms with Crippen LogP contribution < -0.4 is 5.32 Å². The van der Waals surface area contributed by atoms with Crippen molar-refractivity contribution < 1.29 is 13.9 Å². The zero-order chi connectivity index (χ0) is 19.0. The first-order chi connectivity index (χ1) is 13.0. The van der Waals surface area contributed by atoms with Crippen molar-refractivity contribution in [3.05, 3.63) is 47.8 Å². The van der Waals surface area contributed by atoms with Gasteiger partial charge in [0, 0.05) is 12.5 Å². The molecule has 3 aliphatic rings. The van der Waals surface area contributed by atoms with Crippen molar-refractivity contribution in [2.45, 2.75) is 51.6 Å². The molecule has 0 spiro atoms. The second kappa shape index (κ2) is 7.38. The molecule has 0 amide bonds. The first kappa shape index (κ1) is 18.7. The highest BCUT2D eigenvalue weighted by Crippen LogP contribution is 2.56. The number of hydrogen-bond acceptors (Lipinski definition) is 3. The van der Waals surface area contributed by atoms with Crippen molar-refractivity contribution in [3.8, 4) is 0 Å². The lowest BCUT2D eigenvalue weighted by Gasteiger charge is -2.50. The number of nitrogens with one attached hydrogen (secondary N) is 1. The molecule has 1 aromatic carbocycles. The molecule has 5 atom stereocenters. The predicted molar refractivity (Wildman–Crippen MR) is 104 cm³/mol. The quantitative estimate of drug-likeness (QED) is 0.477. The molecule has 3 fully saturated rings. The fraction of sp³-hybridized carbons (Fsp3) is 0.609. The number of halogens is 1. The van der Waals surface area contributed by atoms with Gasteiger partial charge in [-0.1, -0.05) is 31.2 Å². The van der Waals surface area contributed by atoms with Crippen molar-refractivity contribution in [3.63, 3.8) is 0 Å². The van der Waals surface area contributed by atoms with Gasteiger partial charge < -0.3 is 10.1 Å². The Morgan fingerprint density at radius 3 is 2.89 bits per heavy atom. The Labute approximate surface area is 161 Å². The van der Waals surface area contributed by atoms with Gasteiger partial charge in [0.05, 0.1) is 5.92 Å². The molecule has 1 heterocycles. The van der Waals surface area contributed by atoms with Gasteiger partial charge in [-0.15, -0.1) is 0 Å². The Morgan fingerprint density at radius 2 is 2.11 bits per heavy atom. The molecule has 3 nitrogen and oxygen atoms in total. The minimum Gasteiger partial charge on any atom is -0.462 e. The van der Waals surface area contributed by atoms with Crippen LogP contribution in [-0.2, 0) is 16.0 Å². The molecule has 2 unspecified atom stereocenters. The van der Waals surface area contributed by atoms with E-state index in [1.165, 1.54) is 30.5 Å². The third-order valence-corrected chi connectivity index (χ3v) is 7.19. The number of hydrogen-bond donors (Lipinski definition) is 1. The van der Waals surface area contributed by atoms with E-state index in [0.717, 1.165) is 37.8 Å². The second-order valence-electron chi connectivity index (χ2n) is 8.98. The molecule has 1 saturated heterocycles. The Hall–Kier alpha value is -1.68. The van der Waals surface area contributed by atoms with E-state index in [0.29, 0.717) is 18.4 Å². The lowest BCUT2D eigenvalue weighted by molar-refractivity contribution is -0.146. The third-order valence-electron chi connectivity index (χ3n) is 7.19. The molecule has 27 heavy (non-hydrogen) atoms. The first-order valence-electron chi connectivity index (χ1n) is 10.3. The third kappa shape index (κ3) is 3.69. The number of benzene rings is 1. The first-order valence-corrected chi connectivity index (χ1v) is 10.3. The van der Waals surface area contributed by atoms with Crippen LogP contribution in [-0.4, -0.2) is 25.2 Å². The van der Waals surface area contributed by atoms with Gasteiger partial charge in [-0.05, 0) is 74.1 Å². The van der Waals surface area contributed by atoms with Crippen molar-refractivity contribution in [2.24, 2.45) is 23.2 Å². The fourth-order valence-corrected chi connectivity index (χ4v) is 5.63. The average molecular weight is 371 g/mol. The molecule has 4 rings (SSSR count). The molecule has 2 aliphatic carbocycles. The maximum Gasteiger partial charge on any atom is 0.310 e. The fourth-order valence-electron chi connectivity index (χ4n) is 5.63. The SMILES string of the molecule is C=C1CCC[C@]2(C)C[C@H]3OC(=O)C(CNCCc4ccc(F)cc4)[C@H]3CC12. The van der Waals surface area contributed by atoms with Gasteiger partial charge >= 0.3 is 5.97 Å². The standard InChI is InChI=1S/C23H30FNO2/c1-15-4-3-10-23(2)13-21-18(12-20(15)23)19(22(26)27-21)14-25-11-9-16-5-7-17(24)8-6-16/h5-8,18-21,25H,1,3-4,9-14H2,2H3/t18-,19?,20?,21-,23-/m1/s1. The number of esters is 1. The van der Waals surface area contributed by atoms with Crippen LogP contribution in [0.15, 0.2) is 36.4 Å². The highest BCUT2D eigenvalue weighted by Gasteiger charge is 2.54. The van der Waals surface area contributed by atoms with E-state index < -0.39 is 0 Å². The molecule has 0 radical (unpaired) electrons. The summed E-state index contributed by atoms with van der Waals surface area (Å²) in [6.07, 6.45) is 6.49. The van der Waals surface area contributed by atoms with E-state index in [9.17, 15) is 9.18 Å². The van der Waals surface area contributed by atoms with Crippen LogP contribution in [0.5, 0.6) is 0 Å². The molecule has 2 saturated carbocycles. The van der Waals surface area contributed by atoms with Crippen LogP contribution in [0.1, 0.15) is 44.6 Å². The number of ether oxygens (including phenoxy) is 1. The van der Waals surface area contributed by atoms with Gasteiger partial charge in [0.25, 0.3) is 0 Å². The average Bonchev–Trinajstić information content (AvgIpc) is 2.92. The van der Waals surface area contributed by atoms with Gasteiger partial charge in [-0.2, -0.15) is 0 Å². The summed E-state index contributed by atoms with van der Waals surface area (Å²) in [7, 11) is 0. The van der Waals surface area contributed by atoms with Gasteiger partial charge in [-0.25, -0.2) is 4.39 Å². The molecule has 1 N–H and O–H groups in total. The van der Waals surface area contributed by atoms with Gasteiger partial charge in [0.1, 0.15) is 11.9 Å². The lowest BCUT2D eigenvalue weighted by atomic mass is 9.55. The summed E-state index contributed by atoms with van der Waals surface area (Å²) in [5.74, 6) is 0.544. The van der Waals surface area contributed by atoms with Crippen LogP contribution in [0.4, 0.5) is 4.39 Å². The largest absolute Gasteiger partial charge is 0.462 e. The maximum atomic E-state index is 13.0. The number of carbonyl (C=O) groups is 1. The van der Waals surface area contributed by atoms with E-state index >= 15 is 0 Å². The summed E-state index contributed by atoms with van der Waals surface area (Å²) >= 11 is 0. The molecular weight excluding hydrogens is 341 g/mol. The number of carbonyl (C=O) groups excluding carboxylic acids is 1. The van der Waals surface area contributed by atoms with Crippen LogP contribution in [0.3, 0.4) is 0 Å². The summed E-state index contributed by atoms with van der Waals surface area (Å²) in [5.41, 5.74) is 2.73. The Kier molecular flexibility index (Phi) is 5.11. The molecule has 0 aromatic heterocycles. The highest BCUT2D eigenvalue weighted by molar-refractivity contribution is 5.75. The van der Waals surface area contributed by atoms with E-state index in [1.807, 2.05) is 12.1 Å². The predicted octanol–water partition coefficient (Wildman–Crippen LogP) is 4.27. The molecular formula is C23H30FNO2. The zero-order valence-corrected chi connectivity index (χ0v) is 16.2. The minimum absolute atomic E-state index is 0.0351. The minimum atomic E-state index is -0.208. The van der Waals surface area contributed by atoms with Crippen LogP contribution in [0, 0.1) is 29.0 Å². The van der Waals surface area contributed by atoms with E-state index in [2.05, 4.69) is 18.8 Å². The molecule has 146 valence electrons. The smallest absolute Gasteiger partial charge is 0.310 e. The van der Waals surface area contributed by atoms with Gasteiger partial charge in [-0.3, -0.25) is 4.79 Å². The summed E-state index contributed by atoms with van der Waals surface area (Å²) < 4.78 is 18.8. The summed E-state index contributed by atoms with van der Waals surface area (Å²) in [4.78, 5) is 12.5. The Balaban J connectivity index is 1.34. The number of allylic oxidation sites excluding steroid dienone is 1. The van der Waals surface area contributed by atoms with Crippen molar-refractivity contribution in [1.29, 1.82) is 0 Å². The lowest BCUT2D eigenvalue weighted by Crippen LogP contribution is -2.45. The summed E-state index contributed by atoms with van der Waals surface area (Å²) in [6, 6.07) is 6.61. The molecule has 0 bridgehead atoms. The van der Waals surface area contributed by atoms with Crippen LogP contribution in [0.2, 0.25) is 0 Å². The zero-order valence-electron chi connectivity index (χ0n) is 16.2. The second-order valence-corrected chi connectivity index (χ2v) is 8.98. The maximum absolute atomic E-state index is 13.0.